The highest BCUT2D eigenvalue weighted by Gasteiger charge is 2.28. The molecule has 0 radical (unpaired) electrons. The van der Waals surface area contributed by atoms with Gasteiger partial charge in [-0.25, -0.2) is 4.98 Å². The van der Waals surface area contributed by atoms with Gasteiger partial charge in [0.25, 0.3) is 11.5 Å². The van der Waals surface area contributed by atoms with Gasteiger partial charge in [0.05, 0.1) is 36.3 Å². The van der Waals surface area contributed by atoms with Crippen LogP contribution in [0.25, 0.3) is 16.6 Å². The predicted molar refractivity (Wildman–Crippen MR) is 141 cm³/mol. The van der Waals surface area contributed by atoms with Crippen LogP contribution in [0.4, 0.5) is 0 Å². The van der Waals surface area contributed by atoms with Crippen LogP contribution in [0.5, 0.6) is 5.75 Å². The first-order valence-corrected chi connectivity index (χ1v) is 12.0. The molecule has 0 aliphatic carbocycles. The van der Waals surface area contributed by atoms with Crippen molar-refractivity contribution in [1.29, 1.82) is 0 Å². The average Bonchev–Trinajstić information content (AvgIpc) is 2.90. The van der Waals surface area contributed by atoms with Crippen molar-refractivity contribution in [2.45, 2.75) is 19.9 Å². The van der Waals surface area contributed by atoms with Crippen molar-refractivity contribution in [3.63, 3.8) is 0 Å². The number of hydrogen-bond donors (Lipinski definition) is 0. The minimum Gasteiger partial charge on any atom is -0.497 e. The summed E-state index contributed by atoms with van der Waals surface area (Å²) in [6.07, 6.45) is 0. The average molecular weight is 506 g/mol. The van der Waals surface area contributed by atoms with E-state index in [4.69, 9.17) is 26.1 Å². The van der Waals surface area contributed by atoms with E-state index in [1.165, 1.54) is 0 Å². The molecule has 0 aliphatic heterocycles. The van der Waals surface area contributed by atoms with Crippen LogP contribution in [0.3, 0.4) is 0 Å². The Labute approximate surface area is 214 Å². The molecule has 0 aliphatic rings. The van der Waals surface area contributed by atoms with Gasteiger partial charge in [-0.05, 0) is 67.9 Å². The first-order valence-electron chi connectivity index (χ1n) is 11.6. The van der Waals surface area contributed by atoms with Gasteiger partial charge in [0.1, 0.15) is 11.6 Å². The number of aromatic nitrogens is 2. The van der Waals surface area contributed by atoms with Gasteiger partial charge >= 0.3 is 0 Å². The summed E-state index contributed by atoms with van der Waals surface area (Å²) >= 11 is 6.43. The molecule has 1 heterocycles. The number of ether oxygens (including phenoxy) is 2. The lowest BCUT2D eigenvalue weighted by Crippen LogP contribution is -2.39. The zero-order valence-corrected chi connectivity index (χ0v) is 21.5. The van der Waals surface area contributed by atoms with Crippen molar-refractivity contribution in [2.24, 2.45) is 0 Å². The van der Waals surface area contributed by atoms with Crippen LogP contribution in [0.15, 0.2) is 71.5 Å². The topological polar surface area (TPSA) is 73.7 Å². The van der Waals surface area contributed by atoms with Crippen molar-refractivity contribution in [3.05, 3.63) is 99.1 Å². The van der Waals surface area contributed by atoms with E-state index in [1.54, 1.807) is 72.2 Å². The van der Waals surface area contributed by atoms with E-state index in [0.29, 0.717) is 51.9 Å². The number of fused-ring (bicyclic) bond motifs is 1. The number of amides is 1. The molecule has 0 spiro atoms. The molecule has 1 atom stereocenters. The molecule has 8 heteroatoms. The Morgan fingerprint density at radius 3 is 2.47 bits per heavy atom. The molecular formula is C28H28ClN3O4. The number of methoxy groups -OCH3 is 2. The molecule has 0 saturated carbocycles. The summed E-state index contributed by atoms with van der Waals surface area (Å²) in [7, 11) is 3.16. The minimum atomic E-state index is -0.564. The summed E-state index contributed by atoms with van der Waals surface area (Å²) in [5, 5.41) is 1.02. The Kier molecular flexibility index (Phi) is 7.72. The Bertz CT molecular complexity index is 1450. The number of nitrogens with zero attached hydrogens (tertiary/aromatic N) is 3. The number of rotatable bonds is 8. The maximum absolute atomic E-state index is 13.8. The Hall–Kier alpha value is -3.68. The monoisotopic (exact) mass is 505 g/mol. The molecule has 3 aromatic carbocycles. The van der Waals surface area contributed by atoms with Crippen LogP contribution >= 0.6 is 11.6 Å². The van der Waals surface area contributed by atoms with E-state index in [0.717, 1.165) is 5.56 Å². The Morgan fingerprint density at radius 1 is 1.06 bits per heavy atom. The van der Waals surface area contributed by atoms with Crippen molar-refractivity contribution in [3.8, 4) is 11.4 Å². The van der Waals surface area contributed by atoms with Gasteiger partial charge in [-0.15, -0.1) is 0 Å². The van der Waals surface area contributed by atoms with Crippen LogP contribution in [0.1, 0.15) is 34.7 Å². The van der Waals surface area contributed by atoms with Gasteiger partial charge in [0, 0.05) is 24.2 Å². The normalized spacial score (nSPS) is 11.9. The van der Waals surface area contributed by atoms with Crippen LogP contribution in [0.2, 0.25) is 5.02 Å². The second-order valence-corrected chi connectivity index (χ2v) is 8.81. The maximum atomic E-state index is 13.8. The summed E-state index contributed by atoms with van der Waals surface area (Å²) in [4.78, 5) is 34.0. The van der Waals surface area contributed by atoms with Gasteiger partial charge in [0.15, 0.2) is 0 Å². The van der Waals surface area contributed by atoms with E-state index in [2.05, 4.69) is 0 Å². The second kappa shape index (κ2) is 10.9. The third kappa shape index (κ3) is 4.85. The number of benzene rings is 3. The predicted octanol–water partition coefficient (Wildman–Crippen LogP) is 5.21. The lowest BCUT2D eigenvalue weighted by Gasteiger charge is -2.31. The number of hydrogen-bond acceptors (Lipinski definition) is 5. The van der Waals surface area contributed by atoms with E-state index in [-0.39, 0.29) is 11.5 Å². The van der Waals surface area contributed by atoms with Crippen molar-refractivity contribution in [1.82, 2.24) is 14.5 Å². The molecule has 0 bridgehead atoms. The number of para-hydroxylation sites is 1. The van der Waals surface area contributed by atoms with Crippen molar-refractivity contribution < 1.29 is 14.3 Å². The zero-order valence-electron chi connectivity index (χ0n) is 20.7. The maximum Gasteiger partial charge on any atom is 0.266 e. The fourth-order valence-electron chi connectivity index (χ4n) is 4.20. The van der Waals surface area contributed by atoms with Crippen LogP contribution in [-0.4, -0.2) is 47.7 Å². The largest absolute Gasteiger partial charge is 0.497 e. The quantitative estimate of drug-likeness (QED) is 0.329. The van der Waals surface area contributed by atoms with Crippen molar-refractivity contribution in [2.75, 3.05) is 27.4 Å². The molecular weight excluding hydrogens is 478 g/mol. The highest BCUT2D eigenvalue weighted by molar-refractivity contribution is 6.31. The van der Waals surface area contributed by atoms with Crippen LogP contribution in [-0.2, 0) is 4.74 Å². The first kappa shape index (κ1) is 25.4. The van der Waals surface area contributed by atoms with Gasteiger partial charge in [0.2, 0.25) is 0 Å². The molecule has 1 unspecified atom stereocenters. The smallest absolute Gasteiger partial charge is 0.266 e. The number of carbonyl (C=O) groups is 1. The third-order valence-electron chi connectivity index (χ3n) is 6.26. The van der Waals surface area contributed by atoms with Crippen molar-refractivity contribution >= 4 is 28.4 Å². The molecule has 1 amide bonds. The molecule has 186 valence electrons. The summed E-state index contributed by atoms with van der Waals surface area (Å²) < 4.78 is 12.1. The summed E-state index contributed by atoms with van der Waals surface area (Å²) in [5.74, 6) is 0.880. The molecule has 0 saturated heterocycles. The summed E-state index contributed by atoms with van der Waals surface area (Å²) in [5.41, 5.74) is 2.19. The van der Waals surface area contributed by atoms with E-state index in [1.807, 2.05) is 32.0 Å². The lowest BCUT2D eigenvalue weighted by molar-refractivity contribution is 0.0605. The molecule has 1 aromatic heterocycles. The standard InChI is InChI=1S/C28H28ClN3O4/c1-18-23(29)9-7-11-25(18)32-26(30-24-10-6-5-8-22(24)28(32)34)19(2)31(16-17-35-3)27(33)20-12-14-21(36-4)15-13-20/h5-15,19H,16-17H2,1-4H3. The fourth-order valence-corrected chi connectivity index (χ4v) is 4.37. The zero-order chi connectivity index (χ0) is 25.8. The first-order chi connectivity index (χ1) is 17.4. The van der Waals surface area contributed by atoms with Gasteiger partial charge in [-0.3, -0.25) is 14.2 Å². The van der Waals surface area contributed by atoms with Crippen LogP contribution in [0, 0.1) is 6.92 Å². The van der Waals surface area contributed by atoms with Gasteiger partial charge < -0.3 is 14.4 Å². The van der Waals surface area contributed by atoms with E-state index < -0.39 is 6.04 Å². The molecule has 4 aromatic rings. The highest BCUT2D eigenvalue weighted by atomic mass is 35.5. The second-order valence-electron chi connectivity index (χ2n) is 8.41. The fraction of sp³-hybridized carbons (Fsp3) is 0.250. The molecule has 36 heavy (non-hydrogen) atoms. The summed E-state index contributed by atoms with van der Waals surface area (Å²) in [6.45, 7) is 4.35. The van der Waals surface area contributed by atoms with E-state index >= 15 is 0 Å². The molecule has 4 rings (SSSR count). The minimum absolute atomic E-state index is 0.209. The summed E-state index contributed by atoms with van der Waals surface area (Å²) in [6, 6.07) is 19.0. The number of halogens is 1. The van der Waals surface area contributed by atoms with Gasteiger partial charge in [-0.1, -0.05) is 29.8 Å². The van der Waals surface area contributed by atoms with E-state index in [9.17, 15) is 9.59 Å². The Morgan fingerprint density at radius 2 is 1.78 bits per heavy atom. The lowest BCUT2D eigenvalue weighted by atomic mass is 10.1. The molecule has 0 fully saturated rings. The number of carbonyl (C=O) groups excluding carboxylic acids is 1. The highest BCUT2D eigenvalue weighted by Crippen LogP contribution is 2.28. The third-order valence-corrected chi connectivity index (χ3v) is 6.67. The Balaban J connectivity index is 1.91. The van der Waals surface area contributed by atoms with Gasteiger partial charge in [-0.2, -0.15) is 0 Å². The molecule has 7 nitrogen and oxygen atoms in total. The van der Waals surface area contributed by atoms with Crippen LogP contribution < -0.4 is 10.3 Å². The SMILES string of the molecule is COCCN(C(=O)c1ccc(OC)cc1)C(C)c1nc2ccccc2c(=O)n1-c1cccc(Cl)c1C. The molecule has 0 N–H and O–H groups in total.